The molecule has 0 saturated carbocycles. The van der Waals surface area contributed by atoms with Gasteiger partial charge in [-0.05, 0) is 6.92 Å². The van der Waals surface area contributed by atoms with Crippen molar-refractivity contribution in [2.45, 2.75) is 13.0 Å². The Morgan fingerprint density at radius 1 is 1.58 bits per heavy atom. The van der Waals surface area contributed by atoms with E-state index in [4.69, 9.17) is 10.2 Å². The van der Waals surface area contributed by atoms with Crippen molar-refractivity contribution in [2.75, 3.05) is 6.61 Å². The van der Waals surface area contributed by atoms with Crippen LogP contribution >= 0.6 is 0 Å². The van der Waals surface area contributed by atoms with E-state index >= 15 is 0 Å². The fraction of sp³-hybridized carbons (Fsp3) is 0.429. The fourth-order valence-electron chi connectivity index (χ4n) is 0.412. The minimum Gasteiger partial charge on any atom is -0.393 e. The van der Waals surface area contributed by atoms with Crippen LogP contribution in [0.15, 0.2) is 12.2 Å². The number of rotatable bonds is 3. The Balaban J connectivity index is 3.92. The molecule has 0 fully saturated rings. The third-order valence-electron chi connectivity index (χ3n) is 0.949. The van der Waals surface area contributed by atoms with E-state index in [0.29, 0.717) is 0 Å². The highest BCUT2D eigenvalue weighted by Crippen LogP contribution is 1.89. The van der Waals surface area contributed by atoms with E-state index in [0.717, 1.165) is 6.08 Å². The Kier molecular flexibility index (Phi) is 4.91. The van der Waals surface area contributed by atoms with Crippen molar-refractivity contribution < 1.29 is 24.5 Å². The Hall–Kier alpha value is -1.20. The molecule has 0 heterocycles. The zero-order valence-corrected chi connectivity index (χ0v) is 6.56. The summed E-state index contributed by atoms with van der Waals surface area (Å²) < 4.78 is 4.07. The van der Waals surface area contributed by atoms with Crippen LogP contribution < -0.4 is 0 Å². The van der Waals surface area contributed by atoms with E-state index in [9.17, 15) is 9.59 Å². The van der Waals surface area contributed by atoms with E-state index in [2.05, 4.69) is 4.74 Å². The second-order valence-corrected chi connectivity index (χ2v) is 1.94. The molecule has 0 aliphatic heterocycles. The van der Waals surface area contributed by atoms with E-state index in [1.165, 1.54) is 6.08 Å². The minimum absolute atomic E-state index is 0.762. The van der Waals surface area contributed by atoms with Crippen LogP contribution in [0, 0.1) is 0 Å². The molecule has 0 aromatic carbocycles. The summed E-state index contributed by atoms with van der Waals surface area (Å²) in [6.07, 6.45) is 0.766. The van der Waals surface area contributed by atoms with Gasteiger partial charge in [0, 0.05) is 6.08 Å². The van der Waals surface area contributed by atoms with Crippen LogP contribution in [0.25, 0.3) is 0 Å². The van der Waals surface area contributed by atoms with Crippen molar-refractivity contribution in [3.8, 4) is 0 Å². The number of aliphatic hydroxyl groups excluding tert-OH is 2. The van der Waals surface area contributed by atoms with Gasteiger partial charge < -0.3 is 14.9 Å². The van der Waals surface area contributed by atoms with Gasteiger partial charge in [0.1, 0.15) is 0 Å². The molecule has 1 atom stereocenters. The van der Waals surface area contributed by atoms with E-state index in [1.807, 2.05) is 0 Å². The summed E-state index contributed by atoms with van der Waals surface area (Å²) in [7, 11) is 0. The molecule has 0 rings (SSSR count). The van der Waals surface area contributed by atoms with E-state index in [-0.39, 0.29) is 0 Å². The zero-order chi connectivity index (χ0) is 9.56. The minimum atomic E-state index is -1.65. The van der Waals surface area contributed by atoms with Gasteiger partial charge in [-0.15, -0.1) is 0 Å². The molecule has 0 bridgehead atoms. The molecular formula is C7H10O5. The first-order valence-corrected chi connectivity index (χ1v) is 3.29. The summed E-state index contributed by atoms with van der Waals surface area (Å²) >= 11 is 0. The lowest BCUT2D eigenvalue weighted by Crippen LogP contribution is -2.28. The number of esters is 2. The topological polar surface area (TPSA) is 83.8 Å². The first kappa shape index (κ1) is 10.8. The maximum atomic E-state index is 10.6. The van der Waals surface area contributed by atoms with Crippen molar-refractivity contribution in [3.63, 3.8) is 0 Å². The summed E-state index contributed by atoms with van der Waals surface area (Å²) in [5.41, 5.74) is 0. The lowest BCUT2D eigenvalue weighted by Gasteiger charge is -2.03. The van der Waals surface area contributed by atoms with E-state index < -0.39 is 24.6 Å². The molecule has 0 saturated heterocycles. The first-order valence-electron chi connectivity index (χ1n) is 3.29. The number of carbonyl (C=O) groups is 2. The number of ether oxygens (including phenoxy) is 1. The number of hydrogen-bond donors (Lipinski definition) is 2. The quantitative estimate of drug-likeness (QED) is 0.325. The Morgan fingerprint density at radius 3 is 2.58 bits per heavy atom. The molecule has 0 spiro atoms. The Labute approximate surface area is 69.3 Å². The van der Waals surface area contributed by atoms with Gasteiger partial charge in [0.15, 0.2) is 6.10 Å². The highest BCUT2D eigenvalue weighted by atomic mass is 16.6. The second-order valence-electron chi connectivity index (χ2n) is 1.94. The molecule has 0 aliphatic rings. The van der Waals surface area contributed by atoms with Gasteiger partial charge in [0.05, 0.1) is 6.61 Å². The molecule has 2 N–H and O–H groups in total. The molecule has 68 valence electrons. The standard InChI is InChI=1S/C7H10O5/c1-2-3-6(10)12-7(11)5(9)4-8/h2-3,5,8-9H,4H2,1H3/b3-2+. The highest BCUT2D eigenvalue weighted by Gasteiger charge is 2.17. The zero-order valence-electron chi connectivity index (χ0n) is 6.56. The third-order valence-corrected chi connectivity index (χ3v) is 0.949. The molecule has 12 heavy (non-hydrogen) atoms. The third kappa shape index (κ3) is 3.85. The lowest BCUT2D eigenvalue weighted by atomic mass is 10.4. The molecular weight excluding hydrogens is 164 g/mol. The van der Waals surface area contributed by atoms with Crippen LogP contribution in [0.2, 0.25) is 0 Å². The van der Waals surface area contributed by atoms with Gasteiger partial charge in [-0.1, -0.05) is 6.08 Å². The van der Waals surface area contributed by atoms with Crippen LogP contribution in [0.4, 0.5) is 0 Å². The molecule has 0 aromatic heterocycles. The van der Waals surface area contributed by atoms with Gasteiger partial charge in [0.25, 0.3) is 0 Å². The summed E-state index contributed by atoms with van der Waals surface area (Å²) in [4.78, 5) is 21.1. The summed E-state index contributed by atoms with van der Waals surface area (Å²) in [6.45, 7) is 0.816. The lowest BCUT2D eigenvalue weighted by molar-refractivity contribution is -0.164. The summed E-state index contributed by atoms with van der Waals surface area (Å²) in [5, 5.41) is 16.9. The second kappa shape index (κ2) is 5.45. The number of carbonyl (C=O) groups excluding carboxylic acids is 2. The molecule has 5 nitrogen and oxygen atoms in total. The van der Waals surface area contributed by atoms with Crippen molar-refractivity contribution in [2.24, 2.45) is 0 Å². The van der Waals surface area contributed by atoms with Crippen molar-refractivity contribution >= 4 is 11.9 Å². The number of aliphatic hydroxyl groups is 2. The van der Waals surface area contributed by atoms with Crippen LogP contribution in [0.5, 0.6) is 0 Å². The molecule has 0 amide bonds. The average molecular weight is 174 g/mol. The predicted molar refractivity (Wildman–Crippen MR) is 39.0 cm³/mol. The molecule has 0 aliphatic carbocycles. The van der Waals surface area contributed by atoms with Crippen LogP contribution in [0.1, 0.15) is 6.92 Å². The SMILES string of the molecule is C/C=C/C(=O)OC(=O)C(O)CO. The van der Waals surface area contributed by atoms with Gasteiger partial charge in [-0.25, -0.2) is 9.59 Å². The Bertz CT molecular complexity index is 196. The number of allylic oxidation sites excluding steroid dienone is 1. The van der Waals surface area contributed by atoms with Crippen LogP contribution in [-0.4, -0.2) is 34.9 Å². The largest absolute Gasteiger partial charge is 0.393 e. The van der Waals surface area contributed by atoms with E-state index in [1.54, 1.807) is 6.92 Å². The molecule has 5 heteroatoms. The first-order chi connectivity index (χ1) is 5.61. The van der Waals surface area contributed by atoms with Crippen LogP contribution in [0.3, 0.4) is 0 Å². The summed E-state index contributed by atoms with van der Waals surface area (Å²) in [6, 6.07) is 0. The fourth-order valence-corrected chi connectivity index (χ4v) is 0.412. The maximum Gasteiger partial charge on any atom is 0.345 e. The normalized spacial score (nSPS) is 12.9. The summed E-state index contributed by atoms with van der Waals surface area (Å²) in [5.74, 6) is -2.02. The smallest absolute Gasteiger partial charge is 0.345 e. The number of hydrogen-bond acceptors (Lipinski definition) is 5. The average Bonchev–Trinajstić information content (AvgIpc) is 2.03. The Morgan fingerprint density at radius 2 is 2.17 bits per heavy atom. The van der Waals surface area contributed by atoms with Crippen molar-refractivity contribution in [3.05, 3.63) is 12.2 Å². The molecule has 0 aromatic rings. The predicted octanol–water partition coefficient (Wildman–Crippen LogP) is -1.01. The molecule has 0 radical (unpaired) electrons. The van der Waals surface area contributed by atoms with Gasteiger partial charge in [0.2, 0.25) is 0 Å². The van der Waals surface area contributed by atoms with Gasteiger partial charge in [-0.3, -0.25) is 0 Å². The monoisotopic (exact) mass is 174 g/mol. The van der Waals surface area contributed by atoms with Crippen molar-refractivity contribution in [1.82, 2.24) is 0 Å². The van der Waals surface area contributed by atoms with Gasteiger partial charge >= 0.3 is 11.9 Å². The molecule has 1 unspecified atom stereocenters. The van der Waals surface area contributed by atoms with Crippen molar-refractivity contribution in [1.29, 1.82) is 0 Å². The highest BCUT2D eigenvalue weighted by molar-refractivity contribution is 5.93. The van der Waals surface area contributed by atoms with Gasteiger partial charge in [-0.2, -0.15) is 0 Å². The van der Waals surface area contributed by atoms with Crippen LogP contribution in [-0.2, 0) is 14.3 Å². The maximum absolute atomic E-state index is 10.6.